The van der Waals surface area contributed by atoms with Crippen LogP contribution in [0.3, 0.4) is 0 Å². The molecule has 0 bridgehead atoms. The van der Waals surface area contributed by atoms with Crippen molar-refractivity contribution in [2.45, 2.75) is 25.3 Å². The van der Waals surface area contributed by atoms with Gasteiger partial charge in [-0.2, -0.15) is 0 Å². The van der Waals surface area contributed by atoms with Gasteiger partial charge in [-0.25, -0.2) is 13.1 Å². The van der Waals surface area contributed by atoms with Gasteiger partial charge in [0.1, 0.15) is 10.6 Å². The Hall–Kier alpha value is -2.23. The molecule has 10 heteroatoms. The predicted molar refractivity (Wildman–Crippen MR) is 84.7 cm³/mol. The molecule has 8 nitrogen and oxygen atoms in total. The van der Waals surface area contributed by atoms with Gasteiger partial charge in [0.05, 0.1) is 17.1 Å². The van der Waals surface area contributed by atoms with E-state index in [1.807, 2.05) is 0 Å². The van der Waals surface area contributed by atoms with E-state index >= 15 is 0 Å². The Morgan fingerprint density at radius 2 is 1.96 bits per heavy atom. The first kappa shape index (κ1) is 16.6. The number of aryl methyl sites for hydroxylation is 2. The van der Waals surface area contributed by atoms with Gasteiger partial charge in [-0.05, 0) is 26.0 Å². The zero-order chi connectivity index (χ0) is 17.3. The predicted octanol–water partition coefficient (Wildman–Crippen LogP) is 2.47. The standard InChI is InChI=1S/C14H13ClN4O4S/c1-8-13(9(2)23-19-8)24(20,21)16-7-12-17-18-14(22-12)10-5-3-4-6-11(10)15/h3-6,16H,7H2,1-2H3. The van der Waals surface area contributed by atoms with E-state index in [4.69, 9.17) is 20.5 Å². The fourth-order valence-electron chi connectivity index (χ4n) is 2.16. The quantitative estimate of drug-likeness (QED) is 0.736. The first-order chi connectivity index (χ1) is 11.4. The zero-order valence-electron chi connectivity index (χ0n) is 12.8. The fourth-order valence-corrected chi connectivity index (χ4v) is 3.67. The van der Waals surface area contributed by atoms with Crippen LogP contribution in [0.1, 0.15) is 17.3 Å². The number of nitrogens with zero attached hydrogens (tertiary/aromatic N) is 3. The lowest BCUT2D eigenvalue weighted by Gasteiger charge is -2.03. The van der Waals surface area contributed by atoms with Crippen molar-refractivity contribution in [1.82, 2.24) is 20.1 Å². The van der Waals surface area contributed by atoms with Crippen LogP contribution in [0.15, 0.2) is 38.1 Å². The highest BCUT2D eigenvalue weighted by molar-refractivity contribution is 7.89. The van der Waals surface area contributed by atoms with E-state index in [-0.39, 0.29) is 34.7 Å². The lowest BCUT2D eigenvalue weighted by molar-refractivity contribution is 0.390. The third kappa shape index (κ3) is 3.18. The highest BCUT2D eigenvalue weighted by Gasteiger charge is 2.24. The highest BCUT2D eigenvalue weighted by Crippen LogP contribution is 2.26. The third-order valence-corrected chi connectivity index (χ3v) is 5.20. The van der Waals surface area contributed by atoms with Gasteiger partial charge in [-0.3, -0.25) is 0 Å². The molecule has 0 aliphatic rings. The number of halogens is 1. The molecule has 0 unspecified atom stereocenters. The second-order valence-corrected chi connectivity index (χ2v) is 7.07. The lowest BCUT2D eigenvalue weighted by atomic mass is 10.2. The summed E-state index contributed by atoms with van der Waals surface area (Å²) < 4.78 is 37.3. The van der Waals surface area contributed by atoms with E-state index in [0.717, 1.165) is 0 Å². The number of hydrogen-bond donors (Lipinski definition) is 1. The number of nitrogens with one attached hydrogen (secondary N) is 1. The topological polar surface area (TPSA) is 111 Å². The molecule has 0 saturated heterocycles. The molecule has 24 heavy (non-hydrogen) atoms. The zero-order valence-corrected chi connectivity index (χ0v) is 14.3. The molecule has 2 aromatic heterocycles. The summed E-state index contributed by atoms with van der Waals surface area (Å²) in [5.41, 5.74) is 0.855. The van der Waals surface area contributed by atoms with Crippen LogP contribution in [-0.4, -0.2) is 23.8 Å². The second-order valence-electron chi connectivity index (χ2n) is 4.96. The molecule has 0 fully saturated rings. The van der Waals surface area contributed by atoms with Crippen molar-refractivity contribution in [3.8, 4) is 11.5 Å². The van der Waals surface area contributed by atoms with Gasteiger partial charge in [0.15, 0.2) is 5.76 Å². The SMILES string of the molecule is Cc1noc(C)c1S(=O)(=O)NCc1nnc(-c2ccccc2Cl)o1. The molecule has 3 rings (SSSR count). The van der Waals surface area contributed by atoms with Crippen LogP contribution in [0.4, 0.5) is 0 Å². The number of hydrogen-bond acceptors (Lipinski definition) is 7. The number of aromatic nitrogens is 3. The largest absolute Gasteiger partial charge is 0.419 e. The summed E-state index contributed by atoms with van der Waals surface area (Å²) >= 11 is 6.06. The molecule has 1 N–H and O–H groups in total. The molecule has 0 aliphatic heterocycles. The minimum atomic E-state index is -3.80. The first-order valence-electron chi connectivity index (χ1n) is 6.88. The van der Waals surface area contributed by atoms with Crippen LogP contribution in [0.5, 0.6) is 0 Å². The first-order valence-corrected chi connectivity index (χ1v) is 8.74. The normalized spacial score (nSPS) is 11.8. The van der Waals surface area contributed by atoms with Crippen molar-refractivity contribution >= 4 is 21.6 Å². The summed E-state index contributed by atoms with van der Waals surface area (Å²) in [6.45, 7) is 2.91. The van der Waals surface area contributed by atoms with Gasteiger partial charge in [0.2, 0.25) is 21.8 Å². The fraction of sp³-hybridized carbons (Fsp3) is 0.214. The molecule has 0 spiro atoms. The summed E-state index contributed by atoms with van der Waals surface area (Å²) in [7, 11) is -3.80. The van der Waals surface area contributed by atoms with Crippen LogP contribution in [-0.2, 0) is 16.6 Å². The van der Waals surface area contributed by atoms with Crippen molar-refractivity contribution in [3.05, 3.63) is 46.6 Å². The Balaban J connectivity index is 1.78. The van der Waals surface area contributed by atoms with Crippen molar-refractivity contribution < 1.29 is 17.4 Å². The minimum absolute atomic E-state index is 0.00772. The average Bonchev–Trinajstić information content (AvgIpc) is 3.13. The number of sulfonamides is 1. The smallest absolute Gasteiger partial charge is 0.249 e. The summed E-state index contributed by atoms with van der Waals surface area (Å²) in [6.07, 6.45) is 0. The lowest BCUT2D eigenvalue weighted by Crippen LogP contribution is -2.24. The van der Waals surface area contributed by atoms with Crippen LogP contribution in [0.2, 0.25) is 5.02 Å². The molecule has 0 atom stereocenters. The van der Waals surface area contributed by atoms with E-state index in [1.54, 1.807) is 31.2 Å². The van der Waals surface area contributed by atoms with Crippen molar-refractivity contribution in [1.29, 1.82) is 0 Å². The van der Waals surface area contributed by atoms with Crippen molar-refractivity contribution in [2.24, 2.45) is 0 Å². The van der Waals surface area contributed by atoms with Gasteiger partial charge in [0, 0.05) is 0 Å². The molecule has 3 aromatic rings. The van der Waals surface area contributed by atoms with E-state index in [1.165, 1.54) is 6.92 Å². The molecule has 0 saturated carbocycles. The monoisotopic (exact) mass is 368 g/mol. The minimum Gasteiger partial charge on any atom is -0.419 e. The van der Waals surface area contributed by atoms with Crippen molar-refractivity contribution in [2.75, 3.05) is 0 Å². The molecule has 2 heterocycles. The molecular formula is C14H13ClN4O4S. The molecule has 0 radical (unpaired) electrons. The van der Waals surface area contributed by atoms with Crippen LogP contribution in [0.25, 0.3) is 11.5 Å². The van der Waals surface area contributed by atoms with Gasteiger partial charge in [0.25, 0.3) is 0 Å². The Bertz CT molecular complexity index is 961. The Morgan fingerprint density at radius 3 is 2.62 bits per heavy atom. The van der Waals surface area contributed by atoms with E-state index in [9.17, 15) is 8.42 Å². The molecule has 0 amide bonds. The second kappa shape index (κ2) is 6.34. The van der Waals surface area contributed by atoms with Crippen LogP contribution >= 0.6 is 11.6 Å². The number of benzene rings is 1. The Labute approximate surface area is 142 Å². The molecule has 1 aromatic carbocycles. The van der Waals surface area contributed by atoms with Gasteiger partial charge in [-0.15, -0.1) is 10.2 Å². The summed E-state index contributed by atoms with van der Waals surface area (Å²) in [6, 6.07) is 6.99. The van der Waals surface area contributed by atoms with Crippen LogP contribution < -0.4 is 4.72 Å². The highest BCUT2D eigenvalue weighted by atomic mass is 35.5. The molecule has 0 aliphatic carbocycles. The van der Waals surface area contributed by atoms with E-state index in [0.29, 0.717) is 10.6 Å². The number of rotatable bonds is 5. The van der Waals surface area contributed by atoms with Gasteiger partial charge < -0.3 is 8.94 Å². The Morgan fingerprint density at radius 1 is 1.21 bits per heavy atom. The Kier molecular flexibility index (Phi) is 4.39. The van der Waals surface area contributed by atoms with E-state index in [2.05, 4.69) is 20.1 Å². The van der Waals surface area contributed by atoms with Crippen LogP contribution in [0, 0.1) is 13.8 Å². The maximum atomic E-state index is 12.3. The maximum Gasteiger partial charge on any atom is 0.249 e. The van der Waals surface area contributed by atoms with E-state index < -0.39 is 10.0 Å². The van der Waals surface area contributed by atoms with Gasteiger partial charge in [-0.1, -0.05) is 28.9 Å². The summed E-state index contributed by atoms with van der Waals surface area (Å²) in [5.74, 6) is 0.537. The summed E-state index contributed by atoms with van der Waals surface area (Å²) in [4.78, 5) is 0.00772. The third-order valence-electron chi connectivity index (χ3n) is 3.22. The van der Waals surface area contributed by atoms with Crippen molar-refractivity contribution in [3.63, 3.8) is 0 Å². The maximum absolute atomic E-state index is 12.3. The molecular weight excluding hydrogens is 356 g/mol. The molecule has 126 valence electrons. The summed E-state index contributed by atoms with van der Waals surface area (Å²) in [5, 5.41) is 11.8. The average molecular weight is 369 g/mol. The van der Waals surface area contributed by atoms with Gasteiger partial charge >= 0.3 is 0 Å².